The van der Waals surface area contributed by atoms with E-state index in [-0.39, 0.29) is 0 Å². The van der Waals surface area contributed by atoms with Gasteiger partial charge in [0.1, 0.15) is 0 Å². The van der Waals surface area contributed by atoms with Crippen LogP contribution in [0.25, 0.3) is 102 Å². The summed E-state index contributed by atoms with van der Waals surface area (Å²) in [5.74, 6) is 0. The third-order valence-electron chi connectivity index (χ3n) is 13.0. The molecule has 66 heavy (non-hydrogen) atoms. The normalized spacial score (nSPS) is 12.8. The van der Waals surface area contributed by atoms with Crippen LogP contribution >= 0.6 is 0 Å². The maximum atomic E-state index is 2.46. The quantitative estimate of drug-likeness (QED) is 0.0951. The average molecular weight is 841 g/mol. The largest absolute Gasteiger partial charge is 0.0757 e. The van der Waals surface area contributed by atoms with Gasteiger partial charge in [0.05, 0.1) is 0 Å². The zero-order chi connectivity index (χ0) is 44.1. The Morgan fingerprint density at radius 3 is 1.14 bits per heavy atom. The molecule has 1 aliphatic rings. The molecule has 0 amide bonds. The smallest absolute Gasteiger partial charge is 0.00261 e. The zero-order valence-electron chi connectivity index (χ0n) is 36.8. The maximum Gasteiger partial charge on any atom is -0.00261 e. The first-order chi connectivity index (χ1) is 32.7. The van der Waals surface area contributed by atoms with Gasteiger partial charge in [-0.2, -0.15) is 0 Å². The second-order valence-corrected chi connectivity index (χ2v) is 17.1. The molecule has 0 nitrogen and oxygen atoms in total. The van der Waals surface area contributed by atoms with E-state index in [1.165, 1.54) is 99.5 Å². The summed E-state index contributed by atoms with van der Waals surface area (Å²) in [7, 11) is 0. The van der Waals surface area contributed by atoms with Crippen molar-refractivity contribution < 1.29 is 0 Å². The molecule has 1 aliphatic carbocycles. The lowest BCUT2D eigenvalue weighted by Gasteiger charge is -2.21. The molecule has 10 aromatic rings. The van der Waals surface area contributed by atoms with E-state index in [0.29, 0.717) is 0 Å². The van der Waals surface area contributed by atoms with Crippen molar-refractivity contribution in [2.45, 2.75) is 12.8 Å². The van der Waals surface area contributed by atoms with Gasteiger partial charge in [0.15, 0.2) is 0 Å². The average Bonchev–Trinajstić information content (AvgIpc) is 3.40. The lowest BCUT2D eigenvalue weighted by atomic mass is 9.82. The second-order valence-electron chi connectivity index (χ2n) is 17.1. The topological polar surface area (TPSA) is 0 Å². The fourth-order valence-electron chi connectivity index (χ4n) is 9.75. The van der Waals surface area contributed by atoms with Gasteiger partial charge in [0.25, 0.3) is 0 Å². The second kappa shape index (κ2) is 18.4. The van der Waals surface area contributed by atoms with Crippen molar-refractivity contribution in [1.82, 2.24) is 0 Å². The van der Waals surface area contributed by atoms with Crippen LogP contribution in [0, 0.1) is 0 Å². The predicted octanol–water partition coefficient (Wildman–Crippen LogP) is 18.3. The molecule has 0 N–H and O–H groups in total. The molecule has 0 heteroatoms. The van der Waals surface area contributed by atoms with Crippen molar-refractivity contribution in [2.75, 3.05) is 0 Å². The fraction of sp³-hybridized carbons (Fsp3) is 0.0303. The standard InChI is InChI=1S/C66H48/c1-4-18-49(19-5-1)57-26-12-10-24-52(57)38-32-47-34-40-54(41-35-47)65-61-30-16-17-31-62(61)66(64-46-56(44-45-63(64)65)60-29-15-14-28-59(60)51-22-8-3-9-23-51)55-42-36-48(37-43-55)33-39-53-25-11-13-27-58(53)50-20-6-2-7-21-50/h1-13,16-46H,14-15H2/b38-32+,39-33+. The summed E-state index contributed by atoms with van der Waals surface area (Å²) in [5.41, 5.74) is 19.7. The first kappa shape index (κ1) is 40.5. The number of rotatable bonds is 10. The molecule has 0 aliphatic heterocycles. The minimum Gasteiger partial charge on any atom is -0.0757 e. The maximum absolute atomic E-state index is 2.46. The van der Waals surface area contributed by atoms with E-state index in [9.17, 15) is 0 Å². The molecular weight excluding hydrogens is 793 g/mol. The van der Waals surface area contributed by atoms with Crippen molar-refractivity contribution in [1.29, 1.82) is 0 Å². The van der Waals surface area contributed by atoms with Crippen molar-refractivity contribution in [3.8, 4) is 44.5 Å². The molecule has 0 aromatic heterocycles. The van der Waals surface area contributed by atoms with E-state index >= 15 is 0 Å². The third-order valence-corrected chi connectivity index (χ3v) is 13.0. The van der Waals surface area contributed by atoms with Crippen LogP contribution in [-0.4, -0.2) is 0 Å². The first-order valence-corrected chi connectivity index (χ1v) is 23.1. The summed E-state index contributed by atoms with van der Waals surface area (Å²) in [6.07, 6.45) is 15.9. The van der Waals surface area contributed by atoms with E-state index in [0.717, 1.165) is 24.0 Å². The van der Waals surface area contributed by atoms with Gasteiger partial charge < -0.3 is 0 Å². The highest BCUT2D eigenvalue weighted by molar-refractivity contribution is 6.22. The Bertz CT molecular complexity index is 3460. The SMILES string of the molecule is C1=C(c2ccccc2)C(c2ccc3c(-c4ccc(/C=C/c5ccccc5-c5ccccc5)cc4)c4ccccc4c(-c4ccc(/C=C/c5ccccc5-c5ccccc5)cc4)c3c2)=CCC1. The van der Waals surface area contributed by atoms with E-state index in [2.05, 4.69) is 267 Å². The van der Waals surface area contributed by atoms with Crippen molar-refractivity contribution in [2.24, 2.45) is 0 Å². The summed E-state index contributed by atoms with van der Waals surface area (Å²) in [5, 5.41) is 4.99. The summed E-state index contributed by atoms with van der Waals surface area (Å²) < 4.78 is 0. The Kier molecular flexibility index (Phi) is 11.3. The number of fused-ring (bicyclic) bond motifs is 2. The van der Waals surface area contributed by atoms with Gasteiger partial charge in [0, 0.05) is 0 Å². The molecule has 10 aromatic carbocycles. The van der Waals surface area contributed by atoms with Crippen LogP contribution < -0.4 is 0 Å². The van der Waals surface area contributed by atoms with Crippen LogP contribution in [0.1, 0.15) is 46.2 Å². The van der Waals surface area contributed by atoms with Gasteiger partial charge >= 0.3 is 0 Å². The number of hydrogen-bond donors (Lipinski definition) is 0. The number of benzene rings is 10. The molecular formula is C66H48. The molecule has 11 rings (SSSR count). The lowest BCUT2D eigenvalue weighted by molar-refractivity contribution is 1.04. The molecule has 312 valence electrons. The van der Waals surface area contributed by atoms with Gasteiger partial charge in [-0.15, -0.1) is 0 Å². The zero-order valence-corrected chi connectivity index (χ0v) is 36.8. The molecule has 0 saturated heterocycles. The van der Waals surface area contributed by atoms with Crippen LogP contribution in [0.3, 0.4) is 0 Å². The fourth-order valence-corrected chi connectivity index (χ4v) is 9.75. The lowest BCUT2D eigenvalue weighted by Crippen LogP contribution is -1.97. The minimum atomic E-state index is 1.03. The summed E-state index contributed by atoms with van der Waals surface area (Å²) >= 11 is 0. The van der Waals surface area contributed by atoms with Crippen LogP contribution in [-0.2, 0) is 0 Å². The Hall–Kier alpha value is -8.32. The highest BCUT2D eigenvalue weighted by Crippen LogP contribution is 2.46. The van der Waals surface area contributed by atoms with Crippen LogP contribution in [0.15, 0.2) is 243 Å². The number of hydrogen-bond acceptors (Lipinski definition) is 0. The molecule has 0 saturated carbocycles. The predicted molar refractivity (Wildman–Crippen MR) is 286 cm³/mol. The van der Waals surface area contributed by atoms with Crippen LogP contribution in [0.5, 0.6) is 0 Å². The molecule has 0 atom stereocenters. The molecule has 0 radical (unpaired) electrons. The Labute approximate surface area is 388 Å². The Morgan fingerprint density at radius 2 is 0.636 bits per heavy atom. The van der Waals surface area contributed by atoms with Gasteiger partial charge in [-0.25, -0.2) is 0 Å². The van der Waals surface area contributed by atoms with Crippen LogP contribution in [0.4, 0.5) is 0 Å². The monoisotopic (exact) mass is 840 g/mol. The third kappa shape index (κ3) is 8.18. The van der Waals surface area contributed by atoms with Gasteiger partial charge in [-0.3, -0.25) is 0 Å². The summed E-state index contributed by atoms with van der Waals surface area (Å²) in [6, 6.07) is 83.8. The number of allylic oxidation sites excluding steroid dienone is 4. The van der Waals surface area contributed by atoms with E-state index in [1.807, 2.05) is 0 Å². The van der Waals surface area contributed by atoms with Crippen LogP contribution in [0.2, 0.25) is 0 Å². The van der Waals surface area contributed by atoms with E-state index < -0.39 is 0 Å². The molecule has 0 bridgehead atoms. The Balaban J connectivity index is 1.02. The molecule has 0 spiro atoms. The first-order valence-electron chi connectivity index (χ1n) is 23.1. The molecule has 0 unspecified atom stereocenters. The van der Waals surface area contributed by atoms with Crippen molar-refractivity contribution in [3.63, 3.8) is 0 Å². The molecule has 0 fully saturated rings. The molecule has 0 heterocycles. The highest BCUT2D eigenvalue weighted by Gasteiger charge is 2.20. The van der Waals surface area contributed by atoms with Crippen molar-refractivity contribution >= 4 is 57.0 Å². The van der Waals surface area contributed by atoms with Crippen molar-refractivity contribution in [3.05, 3.63) is 276 Å². The summed E-state index contributed by atoms with van der Waals surface area (Å²) in [4.78, 5) is 0. The van der Waals surface area contributed by atoms with E-state index in [1.54, 1.807) is 0 Å². The Morgan fingerprint density at radius 1 is 0.258 bits per heavy atom. The van der Waals surface area contributed by atoms with Gasteiger partial charge in [-0.05, 0) is 129 Å². The van der Waals surface area contributed by atoms with E-state index in [4.69, 9.17) is 0 Å². The van der Waals surface area contributed by atoms with Gasteiger partial charge in [-0.1, -0.05) is 261 Å². The summed E-state index contributed by atoms with van der Waals surface area (Å²) in [6.45, 7) is 0. The highest BCUT2D eigenvalue weighted by atomic mass is 14.2. The van der Waals surface area contributed by atoms with Gasteiger partial charge in [0.2, 0.25) is 0 Å². The minimum absolute atomic E-state index is 1.03.